The first-order valence-corrected chi connectivity index (χ1v) is 18.6. The number of amides is 1. The SMILES string of the molecule is O=C(Nc1nc(Nc2ccc(N3CCOCC3)cc2)nc2c1ncn2C1CCCCC1Nc1ccc(N2CCOCC2)cc1)C1CCCCC1. The highest BCUT2D eigenvalue weighted by Gasteiger charge is 2.30. The third kappa shape index (κ3) is 7.36. The van der Waals surface area contributed by atoms with Gasteiger partial charge in [-0.15, -0.1) is 0 Å². The molecule has 4 heterocycles. The van der Waals surface area contributed by atoms with Gasteiger partial charge in [0.1, 0.15) is 0 Å². The summed E-state index contributed by atoms with van der Waals surface area (Å²) >= 11 is 0. The van der Waals surface area contributed by atoms with Crippen LogP contribution in [0, 0.1) is 5.92 Å². The van der Waals surface area contributed by atoms with E-state index in [1.165, 1.54) is 17.8 Å². The van der Waals surface area contributed by atoms with Gasteiger partial charge in [-0.1, -0.05) is 32.1 Å². The van der Waals surface area contributed by atoms with E-state index in [2.05, 4.69) is 78.8 Å². The van der Waals surface area contributed by atoms with Crippen molar-refractivity contribution in [3.8, 4) is 0 Å². The summed E-state index contributed by atoms with van der Waals surface area (Å²) in [6.45, 7) is 6.66. The van der Waals surface area contributed by atoms with Crippen LogP contribution in [0.2, 0.25) is 0 Å². The summed E-state index contributed by atoms with van der Waals surface area (Å²) in [5.74, 6) is 0.937. The molecule has 50 heavy (non-hydrogen) atoms. The Morgan fingerprint density at radius 3 is 1.96 bits per heavy atom. The Morgan fingerprint density at radius 2 is 1.30 bits per heavy atom. The van der Waals surface area contributed by atoms with Crippen LogP contribution in [0.3, 0.4) is 0 Å². The second-order valence-electron chi connectivity index (χ2n) is 14.1. The van der Waals surface area contributed by atoms with Crippen molar-refractivity contribution < 1.29 is 14.3 Å². The molecule has 0 spiro atoms. The summed E-state index contributed by atoms with van der Waals surface area (Å²) in [5, 5.41) is 10.5. The molecule has 12 nitrogen and oxygen atoms in total. The number of fused-ring (bicyclic) bond motifs is 1. The van der Waals surface area contributed by atoms with Gasteiger partial charge in [0, 0.05) is 60.9 Å². The van der Waals surface area contributed by atoms with Crippen LogP contribution in [0.5, 0.6) is 0 Å². The molecule has 2 aliphatic heterocycles. The number of hydrogen-bond donors (Lipinski definition) is 3. The standard InChI is InChI=1S/C38H49N9O3/c48-37(27-6-2-1-3-7-27)42-35-34-36(44-38(43-35)41-29-12-16-31(17-13-29)46-20-24-50-25-21-46)47(26-39-34)33-9-5-4-8-32(33)40-28-10-14-30(15-11-28)45-18-22-49-23-19-45/h10-17,26-27,32-33,40H,1-9,18-25H2,(H2,41,42,43,44,48). The lowest BCUT2D eigenvalue weighted by atomic mass is 9.89. The highest BCUT2D eigenvalue weighted by molar-refractivity contribution is 5.98. The fourth-order valence-corrected chi connectivity index (χ4v) is 8.01. The van der Waals surface area contributed by atoms with Crippen LogP contribution in [0.15, 0.2) is 54.9 Å². The van der Waals surface area contributed by atoms with Crippen molar-refractivity contribution in [2.75, 3.05) is 78.4 Å². The van der Waals surface area contributed by atoms with Gasteiger partial charge in [0.15, 0.2) is 17.0 Å². The van der Waals surface area contributed by atoms with E-state index in [1.54, 1.807) is 0 Å². The van der Waals surface area contributed by atoms with Gasteiger partial charge in [0.05, 0.1) is 38.8 Å². The number of nitrogens with one attached hydrogen (secondary N) is 3. The average molecular weight is 680 g/mol. The second kappa shape index (κ2) is 15.2. The zero-order chi connectivity index (χ0) is 33.7. The summed E-state index contributed by atoms with van der Waals surface area (Å²) in [5.41, 5.74) is 5.75. The van der Waals surface area contributed by atoms with Crippen LogP contribution < -0.4 is 25.8 Å². The Balaban J connectivity index is 1.07. The van der Waals surface area contributed by atoms with E-state index < -0.39 is 0 Å². The molecule has 2 saturated carbocycles. The van der Waals surface area contributed by atoms with E-state index in [0.717, 1.165) is 121 Å². The number of morpholine rings is 2. The van der Waals surface area contributed by atoms with Crippen LogP contribution in [0.4, 0.5) is 34.5 Å². The minimum absolute atomic E-state index is 0.00144. The van der Waals surface area contributed by atoms with Crippen LogP contribution in [0.1, 0.15) is 63.8 Å². The Kier molecular flexibility index (Phi) is 9.98. The molecule has 1 amide bonds. The molecule has 2 aliphatic carbocycles. The van der Waals surface area contributed by atoms with Crippen LogP contribution in [-0.2, 0) is 14.3 Å². The van der Waals surface area contributed by atoms with Crippen molar-refractivity contribution in [3.63, 3.8) is 0 Å². The number of imidazole rings is 1. The van der Waals surface area contributed by atoms with Gasteiger partial charge < -0.3 is 39.8 Å². The monoisotopic (exact) mass is 679 g/mol. The zero-order valence-electron chi connectivity index (χ0n) is 28.9. The maximum absolute atomic E-state index is 13.5. The number of carbonyl (C=O) groups is 1. The number of anilines is 6. The van der Waals surface area contributed by atoms with Crippen molar-refractivity contribution in [3.05, 3.63) is 54.9 Å². The number of ether oxygens (including phenoxy) is 2. The number of nitrogens with zero attached hydrogens (tertiary/aromatic N) is 6. The van der Waals surface area contributed by atoms with E-state index in [0.29, 0.717) is 17.3 Å². The molecule has 4 aliphatic rings. The minimum atomic E-state index is 0.00144. The molecule has 264 valence electrons. The Hall–Kier alpha value is -4.42. The molecule has 4 fully saturated rings. The third-order valence-corrected chi connectivity index (χ3v) is 10.8. The second-order valence-corrected chi connectivity index (χ2v) is 14.1. The Labute approximate surface area is 294 Å². The van der Waals surface area contributed by atoms with Crippen molar-refractivity contribution in [1.82, 2.24) is 19.5 Å². The van der Waals surface area contributed by atoms with Gasteiger partial charge in [0.2, 0.25) is 11.9 Å². The summed E-state index contributed by atoms with van der Waals surface area (Å²) in [6, 6.07) is 17.5. The lowest BCUT2D eigenvalue weighted by molar-refractivity contribution is -0.120. The maximum atomic E-state index is 13.5. The molecular weight excluding hydrogens is 630 g/mol. The fraction of sp³-hybridized carbons (Fsp3) is 0.526. The van der Waals surface area contributed by atoms with Crippen LogP contribution >= 0.6 is 0 Å². The Bertz CT molecular complexity index is 1730. The van der Waals surface area contributed by atoms with Gasteiger partial charge in [0.25, 0.3) is 0 Å². The highest BCUT2D eigenvalue weighted by Crippen LogP contribution is 2.35. The first kappa shape index (κ1) is 32.8. The number of hydrogen-bond acceptors (Lipinski definition) is 10. The predicted octanol–water partition coefficient (Wildman–Crippen LogP) is 6.36. The van der Waals surface area contributed by atoms with Crippen LogP contribution in [0.25, 0.3) is 11.2 Å². The van der Waals surface area contributed by atoms with Gasteiger partial charge in [-0.05, 0) is 74.2 Å². The van der Waals surface area contributed by atoms with Crippen molar-refractivity contribution in [2.24, 2.45) is 5.92 Å². The lowest BCUT2D eigenvalue weighted by Crippen LogP contribution is -2.36. The van der Waals surface area contributed by atoms with Gasteiger partial charge in [-0.25, -0.2) is 4.98 Å². The van der Waals surface area contributed by atoms with E-state index in [1.807, 2.05) is 6.33 Å². The smallest absolute Gasteiger partial charge is 0.231 e. The number of rotatable bonds is 9. The van der Waals surface area contributed by atoms with E-state index in [-0.39, 0.29) is 23.9 Å². The summed E-state index contributed by atoms with van der Waals surface area (Å²) in [4.78, 5) is 33.0. The molecule has 2 aromatic carbocycles. The fourth-order valence-electron chi connectivity index (χ4n) is 8.01. The van der Waals surface area contributed by atoms with E-state index in [4.69, 9.17) is 24.4 Å². The molecule has 0 radical (unpaired) electrons. The van der Waals surface area contributed by atoms with E-state index >= 15 is 0 Å². The third-order valence-electron chi connectivity index (χ3n) is 10.8. The number of benzene rings is 2. The summed E-state index contributed by atoms with van der Waals surface area (Å²) < 4.78 is 13.3. The molecule has 3 N–H and O–H groups in total. The highest BCUT2D eigenvalue weighted by atomic mass is 16.5. The van der Waals surface area contributed by atoms with Crippen LogP contribution in [-0.4, -0.2) is 84.1 Å². The van der Waals surface area contributed by atoms with Gasteiger partial charge in [-0.3, -0.25) is 4.79 Å². The van der Waals surface area contributed by atoms with Crippen molar-refractivity contribution >= 4 is 51.6 Å². The topological polar surface area (TPSA) is 122 Å². The quantitative estimate of drug-likeness (QED) is 0.184. The molecule has 4 aromatic rings. The van der Waals surface area contributed by atoms with Crippen molar-refractivity contribution in [1.29, 1.82) is 0 Å². The van der Waals surface area contributed by atoms with E-state index in [9.17, 15) is 4.79 Å². The predicted molar refractivity (Wildman–Crippen MR) is 198 cm³/mol. The largest absolute Gasteiger partial charge is 0.380 e. The molecule has 2 aromatic heterocycles. The maximum Gasteiger partial charge on any atom is 0.231 e. The first-order chi connectivity index (χ1) is 24.7. The molecule has 2 unspecified atom stereocenters. The summed E-state index contributed by atoms with van der Waals surface area (Å²) in [7, 11) is 0. The molecular formula is C38H49N9O3. The molecule has 0 bridgehead atoms. The van der Waals surface area contributed by atoms with Gasteiger partial charge >= 0.3 is 0 Å². The number of carbonyl (C=O) groups excluding carboxylic acids is 1. The van der Waals surface area contributed by atoms with Crippen molar-refractivity contribution in [2.45, 2.75) is 69.9 Å². The Morgan fingerprint density at radius 1 is 0.700 bits per heavy atom. The molecule has 8 rings (SSSR count). The minimum Gasteiger partial charge on any atom is -0.380 e. The molecule has 12 heteroatoms. The molecule has 2 atom stereocenters. The average Bonchev–Trinajstić information content (AvgIpc) is 3.61. The number of aromatic nitrogens is 4. The summed E-state index contributed by atoms with van der Waals surface area (Å²) in [6.07, 6.45) is 11.4. The zero-order valence-corrected chi connectivity index (χ0v) is 28.9. The lowest BCUT2D eigenvalue weighted by Gasteiger charge is -2.34. The first-order valence-electron chi connectivity index (χ1n) is 18.6. The normalized spacial score (nSPS) is 22.0. The molecule has 2 saturated heterocycles. The van der Waals surface area contributed by atoms with Gasteiger partial charge in [-0.2, -0.15) is 9.97 Å².